The number of nitrogens with zero attached hydrogens (tertiary/aromatic N) is 1. The van der Waals surface area contributed by atoms with Crippen LogP contribution in [-0.4, -0.2) is 11.5 Å². The summed E-state index contributed by atoms with van der Waals surface area (Å²) in [5.41, 5.74) is 2.67. The lowest BCUT2D eigenvalue weighted by Gasteiger charge is -2.37. The molecule has 0 spiro atoms. The Morgan fingerprint density at radius 2 is 2.08 bits per heavy atom. The molecule has 1 aliphatic carbocycles. The number of halogens is 1. The number of nitro benzene ring substituents is 1. The van der Waals surface area contributed by atoms with Crippen molar-refractivity contribution in [3.8, 4) is 5.75 Å². The van der Waals surface area contributed by atoms with Gasteiger partial charge in [0.25, 0.3) is 5.69 Å². The Hall–Kier alpha value is -2.53. The summed E-state index contributed by atoms with van der Waals surface area (Å²) in [7, 11) is 0. The Morgan fingerprint density at radius 1 is 1.31 bits per heavy atom. The van der Waals surface area contributed by atoms with Crippen LogP contribution in [0.25, 0.3) is 0 Å². The van der Waals surface area contributed by atoms with Crippen LogP contribution in [0.3, 0.4) is 0 Å². The normalized spacial score (nSPS) is 23.1. The zero-order valence-electron chi connectivity index (χ0n) is 14.3. The second kappa shape index (κ2) is 6.65. The van der Waals surface area contributed by atoms with E-state index in [0.717, 1.165) is 17.5 Å². The van der Waals surface area contributed by atoms with Crippen LogP contribution in [0.5, 0.6) is 5.75 Å². The Bertz CT molecular complexity index is 879. The number of allylic oxidation sites excluding steroid dienone is 2. The van der Waals surface area contributed by atoms with Gasteiger partial charge in [0, 0.05) is 10.9 Å². The maximum absolute atomic E-state index is 11.7. The predicted molar refractivity (Wildman–Crippen MR) is 102 cm³/mol. The van der Waals surface area contributed by atoms with Gasteiger partial charge < -0.3 is 10.1 Å². The molecule has 0 saturated carbocycles. The van der Waals surface area contributed by atoms with Gasteiger partial charge in [-0.1, -0.05) is 35.9 Å². The first-order valence-electron chi connectivity index (χ1n) is 8.72. The fourth-order valence-corrected chi connectivity index (χ4v) is 4.17. The third kappa shape index (κ3) is 2.82. The molecule has 1 N–H and O–H groups in total. The van der Waals surface area contributed by atoms with Crippen molar-refractivity contribution in [1.82, 2.24) is 0 Å². The summed E-state index contributed by atoms with van der Waals surface area (Å²) in [4.78, 5) is 11.3. The van der Waals surface area contributed by atoms with E-state index in [2.05, 4.69) is 17.5 Å². The lowest BCUT2D eigenvalue weighted by Crippen LogP contribution is -2.29. The number of rotatable bonds is 4. The summed E-state index contributed by atoms with van der Waals surface area (Å²) in [6.45, 7) is 2.35. The number of anilines is 1. The van der Waals surface area contributed by atoms with Crippen molar-refractivity contribution in [3.05, 3.63) is 74.8 Å². The van der Waals surface area contributed by atoms with E-state index in [1.54, 1.807) is 0 Å². The topological polar surface area (TPSA) is 64.4 Å². The molecule has 0 aromatic heterocycles. The first-order chi connectivity index (χ1) is 12.6. The van der Waals surface area contributed by atoms with Crippen molar-refractivity contribution in [1.29, 1.82) is 0 Å². The fourth-order valence-electron chi connectivity index (χ4n) is 4.05. The van der Waals surface area contributed by atoms with Gasteiger partial charge in [0.2, 0.25) is 0 Å². The highest BCUT2D eigenvalue weighted by molar-refractivity contribution is 6.30. The molecular weight excluding hydrogens is 352 g/mol. The number of fused-ring (bicyclic) bond motifs is 3. The molecule has 4 rings (SSSR count). The summed E-state index contributed by atoms with van der Waals surface area (Å²) in [5, 5.41) is 15.8. The maximum Gasteiger partial charge on any atom is 0.296 e. The van der Waals surface area contributed by atoms with E-state index in [4.69, 9.17) is 16.3 Å². The summed E-state index contributed by atoms with van der Waals surface area (Å²) in [5.74, 6) is 0.981. The molecule has 3 atom stereocenters. The number of nitrogens with one attached hydrogen (secondary N) is 1. The van der Waals surface area contributed by atoms with Crippen LogP contribution >= 0.6 is 11.6 Å². The minimum Gasteiger partial charge on any atom is -0.494 e. The average Bonchev–Trinajstić information content (AvgIpc) is 3.11. The third-order valence-corrected chi connectivity index (χ3v) is 5.41. The summed E-state index contributed by atoms with van der Waals surface area (Å²) >= 11 is 6.02. The molecule has 5 nitrogen and oxygen atoms in total. The van der Waals surface area contributed by atoms with E-state index >= 15 is 0 Å². The van der Waals surface area contributed by atoms with Crippen LogP contribution < -0.4 is 10.1 Å². The predicted octanol–water partition coefficient (Wildman–Crippen LogP) is 5.47. The van der Waals surface area contributed by atoms with Gasteiger partial charge in [-0.25, -0.2) is 0 Å². The molecule has 0 saturated heterocycles. The van der Waals surface area contributed by atoms with E-state index in [-0.39, 0.29) is 22.6 Å². The van der Waals surface area contributed by atoms with Gasteiger partial charge >= 0.3 is 0 Å². The first-order valence-corrected chi connectivity index (χ1v) is 9.10. The number of benzene rings is 2. The van der Waals surface area contributed by atoms with Crippen LogP contribution in [0.4, 0.5) is 11.4 Å². The van der Waals surface area contributed by atoms with Crippen molar-refractivity contribution in [3.63, 3.8) is 0 Å². The molecule has 0 radical (unpaired) electrons. The second-order valence-corrected chi connectivity index (χ2v) is 7.06. The number of nitro groups is 1. The van der Waals surface area contributed by atoms with Gasteiger partial charge in [-0.15, -0.1) is 0 Å². The molecule has 6 heteroatoms. The minimum absolute atomic E-state index is 0.00332. The molecule has 0 unspecified atom stereocenters. The van der Waals surface area contributed by atoms with Gasteiger partial charge in [-0.3, -0.25) is 10.1 Å². The number of ether oxygens (including phenoxy) is 1. The monoisotopic (exact) mass is 370 g/mol. The maximum atomic E-state index is 11.7. The fraction of sp³-hybridized carbons (Fsp3) is 0.300. The molecule has 1 heterocycles. The third-order valence-electron chi connectivity index (χ3n) is 5.16. The molecule has 2 aliphatic rings. The Morgan fingerprint density at radius 3 is 2.77 bits per heavy atom. The van der Waals surface area contributed by atoms with Crippen molar-refractivity contribution in [2.45, 2.75) is 25.3 Å². The Labute approximate surface area is 156 Å². The standard InChI is InChI=1S/C20H19ClN2O3/c1-2-26-14-10-17-15-4-3-5-16(15)19(12-6-8-13(21)9-7-12)22-20(17)18(11-14)23(24)25/h3-4,6-11,15-16,19,22H,2,5H2,1H3/t15-,16+,19+/m0/s1. The quantitative estimate of drug-likeness (QED) is 0.440. The smallest absolute Gasteiger partial charge is 0.296 e. The minimum atomic E-state index is -0.341. The van der Waals surface area contributed by atoms with Crippen LogP contribution in [0.15, 0.2) is 48.6 Å². The molecule has 2 aromatic rings. The van der Waals surface area contributed by atoms with Crippen molar-refractivity contribution >= 4 is 23.0 Å². The van der Waals surface area contributed by atoms with E-state index in [1.165, 1.54) is 6.07 Å². The Balaban J connectivity index is 1.83. The zero-order chi connectivity index (χ0) is 18.3. The van der Waals surface area contributed by atoms with Gasteiger partial charge in [-0.2, -0.15) is 0 Å². The van der Waals surface area contributed by atoms with E-state index in [0.29, 0.717) is 29.0 Å². The van der Waals surface area contributed by atoms with Gasteiger partial charge in [0.15, 0.2) is 0 Å². The highest BCUT2D eigenvalue weighted by atomic mass is 35.5. The summed E-state index contributed by atoms with van der Waals surface area (Å²) in [6.07, 6.45) is 5.25. The molecule has 1 aliphatic heterocycles. The lowest BCUT2D eigenvalue weighted by atomic mass is 9.76. The van der Waals surface area contributed by atoms with Crippen LogP contribution in [-0.2, 0) is 0 Å². The van der Waals surface area contributed by atoms with Crippen molar-refractivity contribution in [2.75, 3.05) is 11.9 Å². The van der Waals surface area contributed by atoms with E-state index in [9.17, 15) is 10.1 Å². The van der Waals surface area contributed by atoms with Gasteiger partial charge in [0.1, 0.15) is 11.4 Å². The molecule has 0 amide bonds. The highest BCUT2D eigenvalue weighted by Crippen LogP contribution is 2.53. The van der Waals surface area contributed by atoms with Crippen molar-refractivity contribution in [2.24, 2.45) is 5.92 Å². The first kappa shape index (κ1) is 16.9. The number of hydrogen-bond acceptors (Lipinski definition) is 4. The molecule has 26 heavy (non-hydrogen) atoms. The van der Waals surface area contributed by atoms with E-state index in [1.807, 2.05) is 37.3 Å². The van der Waals surface area contributed by atoms with Crippen LogP contribution in [0, 0.1) is 16.0 Å². The Kier molecular flexibility index (Phi) is 4.32. The van der Waals surface area contributed by atoms with Crippen LogP contribution in [0.2, 0.25) is 5.02 Å². The number of hydrogen-bond donors (Lipinski definition) is 1. The second-order valence-electron chi connectivity index (χ2n) is 6.62. The van der Waals surface area contributed by atoms with Gasteiger partial charge in [0.05, 0.1) is 23.6 Å². The molecule has 0 fully saturated rings. The van der Waals surface area contributed by atoms with Crippen LogP contribution in [0.1, 0.15) is 36.4 Å². The zero-order valence-corrected chi connectivity index (χ0v) is 15.1. The average molecular weight is 371 g/mol. The molecular formula is C20H19ClN2O3. The summed E-state index contributed by atoms with van der Waals surface area (Å²) in [6, 6.07) is 11.1. The van der Waals surface area contributed by atoms with Gasteiger partial charge in [-0.05, 0) is 48.6 Å². The largest absolute Gasteiger partial charge is 0.494 e. The summed E-state index contributed by atoms with van der Waals surface area (Å²) < 4.78 is 5.56. The molecule has 2 aromatic carbocycles. The SMILES string of the molecule is CCOc1cc2c(c([N+](=O)[O-])c1)N[C@H](c1ccc(Cl)cc1)[C@@H]1CC=C[C@H]21. The van der Waals surface area contributed by atoms with Crippen molar-refractivity contribution < 1.29 is 9.66 Å². The molecule has 0 bridgehead atoms. The van der Waals surface area contributed by atoms with E-state index < -0.39 is 0 Å². The molecule has 134 valence electrons. The lowest BCUT2D eigenvalue weighted by molar-refractivity contribution is -0.384. The highest BCUT2D eigenvalue weighted by Gasteiger charge is 2.41.